The molecule has 0 aliphatic heterocycles. The molecule has 0 atom stereocenters. The molecule has 0 saturated carbocycles. The van der Waals surface area contributed by atoms with Gasteiger partial charge in [-0.05, 0) is 41.4 Å². The fourth-order valence-corrected chi connectivity index (χ4v) is 2.86. The van der Waals surface area contributed by atoms with Crippen molar-refractivity contribution in [2.45, 2.75) is 61.8 Å². The van der Waals surface area contributed by atoms with Crippen LogP contribution < -0.4 is 29.6 Å². The number of rotatable bonds is 2. The monoisotopic (exact) mass is 416 g/mol. The maximum absolute atomic E-state index is 6.43. The summed E-state index contributed by atoms with van der Waals surface area (Å²) in [6.45, 7) is 17.9. The summed E-state index contributed by atoms with van der Waals surface area (Å²) < 4.78 is 6.43. The van der Waals surface area contributed by atoms with E-state index in [1.165, 1.54) is 22.3 Å². The Morgan fingerprint density at radius 2 is 1.32 bits per heavy atom. The number of benzene rings is 1. The van der Waals surface area contributed by atoms with E-state index in [9.17, 15) is 0 Å². The first kappa shape index (κ1) is 27.0. The standard InChI is InChI=1S/C21H30O.2ClH.Ti/c1-14-10-9-11-15(2)19(14)22-18-13-16(20(3,4)5)12-17(18)21(6,7)8;;;/h9-12H,13H2,1-8H3;2*1H;/q;;;+2/p-2. The summed E-state index contributed by atoms with van der Waals surface area (Å²) >= 11 is 0. The van der Waals surface area contributed by atoms with Crippen LogP contribution in [-0.2, 0) is 21.7 Å². The average Bonchev–Trinajstić information content (AvgIpc) is 2.77. The molecule has 1 nitrogen and oxygen atoms in total. The van der Waals surface area contributed by atoms with Gasteiger partial charge in [0.15, 0.2) is 0 Å². The van der Waals surface area contributed by atoms with Gasteiger partial charge in [-0.1, -0.05) is 71.4 Å². The number of aryl methyl sites for hydroxylation is 2. The maximum atomic E-state index is 6.43. The Hall–Kier alpha value is -0.206. The van der Waals surface area contributed by atoms with Crippen LogP contribution in [0.1, 0.15) is 59.1 Å². The van der Waals surface area contributed by atoms with Crippen molar-refractivity contribution in [2.24, 2.45) is 10.8 Å². The smallest absolute Gasteiger partial charge is 1.00 e. The van der Waals surface area contributed by atoms with Crippen LogP contribution in [0.15, 0.2) is 41.2 Å². The van der Waals surface area contributed by atoms with Gasteiger partial charge >= 0.3 is 21.7 Å². The molecule has 0 N–H and O–H groups in total. The van der Waals surface area contributed by atoms with Gasteiger partial charge in [0.2, 0.25) is 0 Å². The Morgan fingerprint density at radius 1 is 0.840 bits per heavy atom. The molecule has 1 aromatic rings. The topological polar surface area (TPSA) is 9.23 Å². The first-order valence-electron chi connectivity index (χ1n) is 8.19. The van der Waals surface area contributed by atoms with E-state index in [0.717, 1.165) is 17.9 Å². The molecule has 1 aliphatic rings. The van der Waals surface area contributed by atoms with Gasteiger partial charge in [0.1, 0.15) is 11.5 Å². The van der Waals surface area contributed by atoms with Crippen LogP contribution in [-0.4, -0.2) is 0 Å². The van der Waals surface area contributed by atoms with Gasteiger partial charge in [0.25, 0.3) is 0 Å². The molecule has 0 spiro atoms. The fraction of sp³-hybridized carbons (Fsp3) is 0.524. The third-order valence-corrected chi connectivity index (χ3v) is 4.38. The van der Waals surface area contributed by atoms with E-state index in [4.69, 9.17) is 4.74 Å². The van der Waals surface area contributed by atoms with E-state index in [0.29, 0.717) is 0 Å². The van der Waals surface area contributed by atoms with Gasteiger partial charge in [0.05, 0.1) is 0 Å². The predicted molar refractivity (Wildman–Crippen MR) is 95.2 cm³/mol. The summed E-state index contributed by atoms with van der Waals surface area (Å²) in [5, 5.41) is 0. The van der Waals surface area contributed by atoms with Crippen molar-refractivity contribution in [3.05, 3.63) is 52.3 Å². The second kappa shape index (κ2) is 9.65. The molecule has 0 aromatic heterocycles. The van der Waals surface area contributed by atoms with Crippen LogP contribution in [0.3, 0.4) is 0 Å². The molecule has 25 heavy (non-hydrogen) atoms. The second-order valence-corrected chi connectivity index (χ2v) is 8.51. The fourth-order valence-electron chi connectivity index (χ4n) is 2.86. The number of hydrogen-bond donors (Lipinski definition) is 0. The number of hydrogen-bond acceptors (Lipinski definition) is 1. The van der Waals surface area contributed by atoms with E-state index >= 15 is 0 Å². The van der Waals surface area contributed by atoms with Crippen LogP contribution in [0.5, 0.6) is 5.75 Å². The SMILES string of the molecule is Cc1cccc(C)c1OC1=C(C(C)(C)C)C=C(C(C)(C)C)C1.[Cl-].[Cl-].[Ti+2]. The molecule has 0 amide bonds. The number of para-hydroxylation sites is 1. The first-order valence-corrected chi connectivity index (χ1v) is 8.19. The zero-order valence-electron chi connectivity index (χ0n) is 16.7. The molecule has 138 valence electrons. The van der Waals surface area contributed by atoms with E-state index < -0.39 is 0 Å². The van der Waals surface area contributed by atoms with E-state index in [-0.39, 0.29) is 57.4 Å². The third-order valence-electron chi connectivity index (χ3n) is 4.38. The Bertz CT molecular complexity index is 627. The summed E-state index contributed by atoms with van der Waals surface area (Å²) in [5.41, 5.74) is 5.47. The Balaban J connectivity index is 0. The summed E-state index contributed by atoms with van der Waals surface area (Å²) in [5.74, 6) is 2.14. The molecule has 1 aliphatic carbocycles. The van der Waals surface area contributed by atoms with Crippen LogP contribution in [0, 0.1) is 24.7 Å². The Morgan fingerprint density at radius 3 is 1.72 bits per heavy atom. The largest absolute Gasteiger partial charge is 2.00 e. The van der Waals surface area contributed by atoms with Crippen molar-refractivity contribution < 1.29 is 51.3 Å². The summed E-state index contributed by atoms with van der Waals surface area (Å²) in [4.78, 5) is 0. The van der Waals surface area contributed by atoms with E-state index in [1.807, 2.05) is 0 Å². The van der Waals surface area contributed by atoms with Crippen molar-refractivity contribution >= 4 is 0 Å². The first-order chi connectivity index (χ1) is 10.00. The van der Waals surface area contributed by atoms with Crippen LogP contribution in [0.4, 0.5) is 0 Å². The molecule has 0 heterocycles. The van der Waals surface area contributed by atoms with Crippen LogP contribution in [0.25, 0.3) is 0 Å². The minimum atomic E-state index is 0. The molecule has 0 unspecified atom stereocenters. The van der Waals surface area contributed by atoms with Crippen molar-refractivity contribution in [3.8, 4) is 5.75 Å². The molecule has 0 bridgehead atoms. The molecule has 0 saturated heterocycles. The molecule has 0 radical (unpaired) electrons. The third kappa shape index (κ3) is 6.47. The van der Waals surface area contributed by atoms with Crippen molar-refractivity contribution in [3.63, 3.8) is 0 Å². The van der Waals surface area contributed by atoms with Gasteiger partial charge in [0, 0.05) is 6.42 Å². The summed E-state index contributed by atoms with van der Waals surface area (Å²) in [7, 11) is 0. The normalized spacial score (nSPS) is 14.2. The molecule has 4 heteroatoms. The van der Waals surface area contributed by atoms with E-state index in [2.05, 4.69) is 79.7 Å². The zero-order chi connectivity index (χ0) is 16.7. The van der Waals surface area contributed by atoms with Gasteiger partial charge in [-0.3, -0.25) is 0 Å². The van der Waals surface area contributed by atoms with Gasteiger partial charge < -0.3 is 29.6 Å². The summed E-state index contributed by atoms with van der Waals surface area (Å²) in [6, 6.07) is 6.32. The van der Waals surface area contributed by atoms with Gasteiger partial charge in [-0.15, -0.1) is 0 Å². The zero-order valence-corrected chi connectivity index (χ0v) is 19.8. The van der Waals surface area contributed by atoms with Crippen LogP contribution >= 0.6 is 0 Å². The molecule has 2 rings (SSSR count). The minimum absolute atomic E-state index is 0. The summed E-state index contributed by atoms with van der Waals surface area (Å²) in [6.07, 6.45) is 3.28. The molecular weight excluding hydrogens is 387 g/mol. The number of halogens is 2. The molecule has 0 fully saturated rings. The molecule has 1 aromatic carbocycles. The second-order valence-electron chi connectivity index (χ2n) is 8.51. The number of ether oxygens (including phenoxy) is 1. The quantitative estimate of drug-likeness (QED) is 0.632. The van der Waals surface area contributed by atoms with Crippen molar-refractivity contribution in [2.75, 3.05) is 0 Å². The predicted octanol–water partition coefficient (Wildman–Crippen LogP) is 0.364. The minimum Gasteiger partial charge on any atom is -1.00 e. The van der Waals surface area contributed by atoms with Crippen LogP contribution in [0.2, 0.25) is 0 Å². The Kier molecular flexibility index (Phi) is 10.4. The number of allylic oxidation sites excluding steroid dienone is 3. The van der Waals surface area contributed by atoms with Crippen molar-refractivity contribution in [1.29, 1.82) is 0 Å². The average molecular weight is 417 g/mol. The molecular formula is C21H30Cl2OTi. The van der Waals surface area contributed by atoms with Gasteiger partial charge in [-0.2, -0.15) is 0 Å². The van der Waals surface area contributed by atoms with Gasteiger partial charge in [-0.25, -0.2) is 0 Å². The van der Waals surface area contributed by atoms with E-state index in [1.54, 1.807) is 0 Å². The van der Waals surface area contributed by atoms with Crippen molar-refractivity contribution in [1.82, 2.24) is 0 Å². The Labute approximate surface area is 181 Å². The maximum Gasteiger partial charge on any atom is 2.00 e.